The first kappa shape index (κ1) is 8.70. The van der Waals surface area contributed by atoms with E-state index in [1.165, 1.54) is 6.07 Å². The van der Waals surface area contributed by atoms with Crippen LogP contribution in [0.4, 0.5) is 4.39 Å². The van der Waals surface area contributed by atoms with Gasteiger partial charge in [0.2, 0.25) is 0 Å². The Morgan fingerprint density at radius 1 is 1.31 bits per heavy atom. The molecule has 0 amide bonds. The van der Waals surface area contributed by atoms with Crippen LogP contribution in [0.25, 0.3) is 0 Å². The van der Waals surface area contributed by atoms with Crippen molar-refractivity contribution in [2.45, 2.75) is 31.8 Å². The molecular weight excluding hydrogens is 167 g/mol. The minimum Gasteiger partial charge on any atom is -0.388 e. The summed E-state index contributed by atoms with van der Waals surface area (Å²) in [6, 6.07) is 5.05. The zero-order valence-electron chi connectivity index (χ0n) is 7.46. The maximum atomic E-state index is 13.3. The summed E-state index contributed by atoms with van der Waals surface area (Å²) < 4.78 is 13.3. The molecule has 2 rings (SSSR count). The van der Waals surface area contributed by atoms with Crippen LogP contribution in [-0.2, 0) is 6.42 Å². The summed E-state index contributed by atoms with van der Waals surface area (Å²) >= 11 is 0. The Bertz CT molecular complexity index is 309. The van der Waals surface area contributed by atoms with Gasteiger partial charge in [0.25, 0.3) is 0 Å². The first-order chi connectivity index (χ1) is 6.29. The summed E-state index contributed by atoms with van der Waals surface area (Å²) in [6.45, 7) is 0. The van der Waals surface area contributed by atoms with Gasteiger partial charge in [-0.2, -0.15) is 0 Å². The van der Waals surface area contributed by atoms with Crippen LogP contribution in [0.15, 0.2) is 18.2 Å². The number of rotatable bonds is 0. The predicted octanol–water partition coefficient (Wildman–Crippen LogP) is 2.59. The lowest BCUT2D eigenvalue weighted by molar-refractivity contribution is 0.162. The van der Waals surface area contributed by atoms with E-state index in [0.717, 1.165) is 24.8 Å². The molecule has 1 aliphatic carbocycles. The van der Waals surface area contributed by atoms with Gasteiger partial charge in [0.15, 0.2) is 0 Å². The Morgan fingerprint density at radius 2 is 2.15 bits per heavy atom. The number of halogens is 1. The van der Waals surface area contributed by atoms with Crippen molar-refractivity contribution in [1.29, 1.82) is 0 Å². The minimum atomic E-state index is -0.598. The molecule has 1 aromatic rings. The Morgan fingerprint density at radius 3 is 3.00 bits per heavy atom. The van der Waals surface area contributed by atoms with E-state index in [1.54, 1.807) is 6.07 Å². The van der Waals surface area contributed by atoms with Gasteiger partial charge < -0.3 is 5.11 Å². The van der Waals surface area contributed by atoms with Crippen molar-refractivity contribution in [3.05, 3.63) is 35.1 Å². The monoisotopic (exact) mass is 180 g/mol. The fraction of sp³-hybridized carbons (Fsp3) is 0.455. The zero-order valence-corrected chi connectivity index (χ0v) is 7.46. The number of aliphatic hydroxyl groups excluding tert-OH is 1. The number of fused-ring (bicyclic) bond motifs is 1. The second kappa shape index (κ2) is 3.46. The number of hydrogen-bond acceptors (Lipinski definition) is 1. The van der Waals surface area contributed by atoms with E-state index in [9.17, 15) is 9.50 Å². The van der Waals surface area contributed by atoms with Crippen LogP contribution in [-0.4, -0.2) is 5.11 Å². The summed E-state index contributed by atoms with van der Waals surface area (Å²) in [5, 5.41) is 9.68. The first-order valence-electron chi connectivity index (χ1n) is 4.74. The summed E-state index contributed by atoms with van der Waals surface area (Å²) in [5.74, 6) is -0.257. The highest BCUT2D eigenvalue weighted by Crippen LogP contribution is 2.30. The van der Waals surface area contributed by atoms with Crippen LogP contribution in [0, 0.1) is 5.82 Å². The lowest BCUT2D eigenvalue weighted by atomic mass is 10.0. The number of aryl methyl sites for hydroxylation is 1. The van der Waals surface area contributed by atoms with E-state index < -0.39 is 6.10 Å². The zero-order chi connectivity index (χ0) is 9.26. The van der Waals surface area contributed by atoms with Crippen LogP contribution < -0.4 is 0 Å². The van der Waals surface area contributed by atoms with Gasteiger partial charge in [-0.15, -0.1) is 0 Å². The second-order valence-corrected chi connectivity index (χ2v) is 3.57. The molecule has 1 nitrogen and oxygen atoms in total. The van der Waals surface area contributed by atoms with Gasteiger partial charge in [-0.25, -0.2) is 4.39 Å². The van der Waals surface area contributed by atoms with Crippen LogP contribution in [0.5, 0.6) is 0 Å². The molecule has 0 heterocycles. The van der Waals surface area contributed by atoms with Crippen LogP contribution in [0.2, 0.25) is 0 Å². The van der Waals surface area contributed by atoms with Gasteiger partial charge >= 0.3 is 0 Å². The molecule has 13 heavy (non-hydrogen) atoms. The summed E-state index contributed by atoms with van der Waals surface area (Å²) in [4.78, 5) is 0. The third-order valence-electron chi connectivity index (χ3n) is 2.65. The van der Waals surface area contributed by atoms with E-state index in [-0.39, 0.29) is 5.82 Å². The Balaban J connectivity index is 2.48. The van der Waals surface area contributed by atoms with Crippen molar-refractivity contribution in [3.63, 3.8) is 0 Å². The molecule has 0 fully saturated rings. The summed E-state index contributed by atoms with van der Waals surface area (Å²) in [7, 11) is 0. The van der Waals surface area contributed by atoms with Gasteiger partial charge in [-0.1, -0.05) is 18.6 Å². The highest BCUT2D eigenvalue weighted by atomic mass is 19.1. The fourth-order valence-corrected chi connectivity index (χ4v) is 1.97. The van der Waals surface area contributed by atoms with Crippen molar-refractivity contribution >= 4 is 0 Å². The topological polar surface area (TPSA) is 20.2 Å². The van der Waals surface area contributed by atoms with Crippen LogP contribution in [0.1, 0.15) is 36.5 Å². The Kier molecular flexibility index (Phi) is 2.32. The van der Waals surface area contributed by atoms with Gasteiger partial charge in [0, 0.05) is 5.56 Å². The molecule has 1 unspecified atom stereocenters. The molecule has 0 bridgehead atoms. The van der Waals surface area contributed by atoms with E-state index >= 15 is 0 Å². The molecule has 0 radical (unpaired) electrons. The van der Waals surface area contributed by atoms with Gasteiger partial charge in [-0.3, -0.25) is 0 Å². The van der Waals surface area contributed by atoms with Crippen LogP contribution in [0.3, 0.4) is 0 Å². The number of aliphatic hydroxyl groups is 1. The van der Waals surface area contributed by atoms with E-state index in [2.05, 4.69) is 0 Å². The Labute approximate surface area is 77.2 Å². The molecule has 0 aromatic heterocycles. The standard InChI is InChI=1S/C11H13FO/c12-9-6-3-5-8-4-1-2-7-10(13)11(8)9/h3,5-6,10,13H,1-2,4,7H2. The molecule has 2 heteroatoms. The minimum absolute atomic E-state index is 0.257. The van der Waals surface area contributed by atoms with Crippen molar-refractivity contribution in [2.75, 3.05) is 0 Å². The molecule has 70 valence electrons. The predicted molar refractivity (Wildman–Crippen MR) is 48.9 cm³/mol. The quantitative estimate of drug-likeness (QED) is 0.608. The first-order valence-corrected chi connectivity index (χ1v) is 4.74. The van der Waals surface area contributed by atoms with E-state index in [0.29, 0.717) is 12.0 Å². The summed E-state index contributed by atoms with van der Waals surface area (Å²) in [5.41, 5.74) is 1.50. The van der Waals surface area contributed by atoms with Crippen molar-refractivity contribution < 1.29 is 9.50 Å². The third-order valence-corrected chi connectivity index (χ3v) is 2.65. The fourth-order valence-electron chi connectivity index (χ4n) is 1.97. The Hall–Kier alpha value is -0.890. The third kappa shape index (κ3) is 1.59. The van der Waals surface area contributed by atoms with E-state index in [1.807, 2.05) is 6.07 Å². The molecule has 0 saturated heterocycles. The highest BCUT2D eigenvalue weighted by Gasteiger charge is 2.19. The van der Waals surface area contributed by atoms with Crippen molar-refractivity contribution in [2.24, 2.45) is 0 Å². The SMILES string of the molecule is OC1CCCCc2cccc(F)c21. The van der Waals surface area contributed by atoms with Crippen molar-refractivity contribution in [3.8, 4) is 0 Å². The molecule has 1 atom stereocenters. The molecule has 1 aromatic carbocycles. The normalized spacial score (nSPS) is 22.2. The van der Waals surface area contributed by atoms with Gasteiger partial charge in [0.1, 0.15) is 5.82 Å². The highest BCUT2D eigenvalue weighted by molar-refractivity contribution is 5.31. The lowest BCUT2D eigenvalue weighted by Crippen LogP contribution is -2.01. The largest absolute Gasteiger partial charge is 0.388 e. The average molecular weight is 180 g/mol. The number of benzene rings is 1. The molecule has 1 N–H and O–H groups in total. The van der Waals surface area contributed by atoms with Crippen LogP contribution >= 0.6 is 0 Å². The van der Waals surface area contributed by atoms with E-state index in [4.69, 9.17) is 0 Å². The van der Waals surface area contributed by atoms with Crippen molar-refractivity contribution in [1.82, 2.24) is 0 Å². The van der Waals surface area contributed by atoms with Gasteiger partial charge in [0.05, 0.1) is 6.10 Å². The average Bonchev–Trinajstić information content (AvgIpc) is 2.29. The maximum Gasteiger partial charge on any atom is 0.129 e. The van der Waals surface area contributed by atoms with Gasteiger partial charge in [-0.05, 0) is 30.9 Å². The smallest absolute Gasteiger partial charge is 0.129 e. The molecule has 0 spiro atoms. The molecule has 0 aliphatic heterocycles. The second-order valence-electron chi connectivity index (χ2n) is 3.57. The lowest BCUT2D eigenvalue weighted by Gasteiger charge is -2.11. The number of hydrogen-bond donors (Lipinski definition) is 1. The molecule has 1 aliphatic rings. The molecular formula is C11H13FO. The summed E-state index contributed by atoms with van der Waals surface area (Å²) in [6.07, 6.45) is 3.01. The maximum absolute atomic E-state index is 13.3. The molecule has 0 saturated carbocycles.